The van der Waals surface area contributed by atoms with Crippen LogP contribution in [0.25, 0.3) is 0 Å². The highest BCUT2D eigenvalue weighted by Gasteiger charge is 2.07. The molecule has 0 aliphatic heterocycles. The van der Waals surface area contributed by atoms with E-state index in [9.17, 15) is 0 Å². The smallest absolute Gasteiger partial charge is 0.221 e. The van der Waals surface area contributed by atoms with E-state index in [0.29, 0.717) is 12.4 Å². The van der Waals surface area contributed by atoms with E-state index in [-0.39, 0.29) is 12.0 Å². The van der Waals surface area contributed by atoms with E-state index >= 15 is 0 Å². The third-order valence-electron chi connectivity index (χ3n) is 1.90. The molecule has 0 aliphatic carbocycles. The van der Waals surface area contributed by atoms with Gasteiger partial charge >= 0.3 is 0 Å². The summed E-state index contributed by atoms with van der Waals surface area (Å²) in [6.07, 6.45) is 2.54. The molecule has 0 saturated carbocycles. The zero-order chi connectivity index (χ0) is 11.3. The predicted octanol–water partition coefficient (Wildman–Crippen LogP) is 1.66. The van der Waals surface area contributed by atoms with E-state index in [0.717, 1.165) is 10.9 Å². The Morgan fingerprint density at radius 1 is 1.67 bits per heavy atom. The van der Waals surface area contributed by atoms with Crippen LogP contribution in [0.15, 0.2) is 10.7 Å². The maximum atomic E-state index is 5.50. The van der Waals surface area contributed by atoms with E-state index in [1.165, 1.54) is 0 Å². The monoisotopic (exact) mass is 274 g/mol. The molecule has 1 rings (SSSR count). The van der Waals surface area contributed by atoms with Gasteiger partial charge in [-0.25, -0.2) is 4.98 Å². The zero-order valence-electron chi connectivity index (χ0n) is 8.83. The normalized spacial score (nSPS) is 12.5. The number of hydrogen-bond acceptors (Lipinski definition) is 5. The van der Waals surface area contributed by atoms with E-state index in [1.54, 1.807) is 13.3 Å². The molecular formula is C9H15BrN4O. The molecule has 1 heterocycles. The Hall–Kier alpha value is -0.880. The van der Waals surface area contributed by atoms with Gasteiger partial charge in [0.25, 0.3) is 0 Å². The number of nitrogen functional groups attached to an aromatic ring is 1. The molecule has 0 bridgehead atoms. The topological polar surface area (TPSA) is 73.1 Å². The third kappa shape index (κ3) is 4.01. The first-order valence-corrected chi connectivity index (χ1v) is 5.46. The maximum Gasteiger partial charge on any atom is 0.221 e. The molecule has 6 heteroatoms. The highest BCUT2D eigenvalue weighted by molar-refractivity contribution is 9.10. The number of halogens is 1. The number of nitrogens with two attached hydrogens (primary N) is 1. The van der Waals surface area contributed by atoms with Crippen molar-refractivity contribution in [3.05, 3.63) is 10.7 Å². The van der Waals surface area contributed by atoms with Crippen molar-refractivity contribution in [1.29, 1.82) is 0 Å². The predicted molar refractivity (Wildman–Crippen MR) is 63.7 cm³/mol. The summed E-state index contributed by atoms with van der Waals surface area (Å²) in [4.78, 5) is 7.95. The van der Waals surface area contributed by atoms with E-state index in [4.69, 9.17) is 10.5 Å². The van der Waals surface area contributed by atoms with Crippen LogP contribution in [0.3, 0.4) is 0 Å². The van der Waals surface area contributed by atoms with Crippen LogP contribution in [0.4, 0.5) is 11.8 Å². The Morgan fingerprint density at radius 3 is 3.07 bits per heavy atom. The largest absolute Gasteiger partial charge is 0.385 e. The molecule has 0 aliphatic rings. The van der Waals surface area contributed by atoms with E-state index in [2.05, 4.69) is 38.1 Å². The summed E-state index contributed by atoms with van der Waals surface area (Å²) in [5.74, 6) is 0.978. The van der Waals surface area contributed by atoms with Gasteiger partial charge in [-0.2, -0.15) is 4.98 Å². The summed E-state index contributed by atoms with van der Waals surface area (Å²) in [6.45, 7) is 2.77. The summed E-state index contributed by atoms with van der Waals surface area (Å²) in [6, 6.07) is 0.274. The van der Waals surface area contributed by atoms with Crippen LogP contribution in [0.5, 0.6) is 0 Å². The summed E-state index contributed by atoms with van der Waals surface area (Å²) in [7, 11) is 1.69. The molecule has 1 unspecified atom stereocenters. The Balaban J connectivity index is 2.59. The second-order valence-corrected chi connectivity index (χ2v) is 4.11. The first-order chi connectivity index (χ1) is 7.13. The molecule has 0 radical (unpaired) electrons. The van der Waals surface area contributed by atoms with Crippen LogP contribution in [0, 0.1) is 0 Å². The second kappa shape index (κ2) is 5.87. The average Bonchev–Trinajstić information content (AvgIpc) is 2.20. The van der Waals surface area contributed by atoms with Crippen LogP contribution in [0.1, 0.15) is 13.3 Å². The fourth-order valence-corrected chi connectivity index (χ4v) is 1.39. The highest BCUT2D eigenvalue weighted by Crippen LogP contribution is 2.20. The first kappa shape index (κ1) is 12.2. The minimum Gasteiger partial charge on any atom is -0.385 e. The quantitative estimate of drug-likeness (QED) is 0.855. The van der Waals surface area contributed by atoms with Gasteiger partial charge in [0, 0.05) is 26.0 Å². The van der Waals surface area contributed by atoms with Gasteiger partial charge in [0.1, 0.15) is 5.82 Å². The Kier molecular flexibility index (Phi) is 4.77. The number of hydrogen-bond donors (Lipinski definition) is 2. The van der Waals surface area contributed by atoms with Crippen molar-refractivity contribution in [3.63, 3.8) is 0 Å². The van der Waals surface area contributed by atoms with Gasteiger partial charge in [-0.3, -0.25) is 0 Å². The Morgan fingerprint density at radius 2 is 2.40 bits per heavy atom. The molecular weight excluding hydrogens is 260 g/mol. The molecule has 1 aromatic rings. The molecule has 0 amide bonds. The summed E-state index contributed by atoms with van der Waals surface area (Å²) < 4.78 is 5.80. The molecule has 5 nitrogen and oxygen atoms in total. The lowest BCUT2D eigenvalue weighted by Gasteiger charge is -2.14. The van der Waals surface area contributed by atoms with Gasteiger partial charge in [-0.15, -0.1) is 0 Å². The van der Waals surface area contributed by atoms with Gasteiger partial charge in [0.15, 0.2) is 0 Å². The van der Waals surface area contributed by atoms with Gasteiger partial charge in [0.2, 0.25) is 5.95 Å². The standard InChI is InChI=1S/C9H15BrN4O/c1-6(3-4-15-2)13-8-7(10)5-12-9(11)14-8/h5-6H,3-4H2,1-2H3,(H3,11,12,13,14). The van der Waals surface area contributed by atoms with Crippen molar-refractivity contribution < 1.29 is 4.74 Å². The molecule has 0 fully saturated rings. The lowest BCUT2D eigenvalue weighted by Crippen LogP contribution is -2.18. The van der Waals surface area contributed by atoms with Crippen LogP contribution < -0.4 is 11.1 Å². The van der Waals surface area contributed by atoms with Crippen molar-refractivity contribution in [1.82, 2.24) is 9.97 Å². The minimum absolute atomic E-state index is 0.264. The molecule has 1 aromatic heterocycles. The van der Waals surface area contributed by atoms with Gasteiger partial charge < -0.3 is 15.8 Å². The Bertz CT molecular complexity index is 321. The lowest BCUT2D eigenvalue weighted by molar-refractivity contribution is 0.191. The van der Waals surface area contributed by atoms with Gasteiger partial charge in [0.05, 0.1) is 4.47 Å². The van der Waals surface area contributed by atoms with Gasteiger partial charge in [-0.05, 0) is 29.3 Å². The number of nitrogens with one attached hydrogen (secondary N) is 1. The summed E-state index contributed by atoms with van der Waals surface area (Å²) >= 11 is 3.35. The lowest BCUT2D eigenvalue weighted by atomic mass is 10.2. The first-order valence-electron chi connectivity index (χ1n) is 4.67. The Labute approximate surface area is 97.6 Å². The SMILES string of the molecule is COCCC(C)Nc1nc(N)ncc1Br. The summed E-state index contributed by atoms with van der Waals surface area (Å²) in [5.41, 5.74) is 5.50. The maximum absolute atomic E-state index is 5.50. The van der Waals surface area contributed by atoms with E-state index in [1.807, 2.05) is 0 Å². The fraction of sp³-hybridized carbons (Fsp3) is 0.556. The number of ether oxygens (including phenoxy) is 1. The number of nitrogens with zero attached hydrogens (tertiary/aromatic N) is 2. The number of methoxy groups -OCH3 is 1. The molecule has 0 spiro atoms. The van der Waals surface area contributed by atoms with Crippen LogP contribution in [-0.4, -0.2) is 29.7 Å². The van der Waals surface area contributed by atoms with Crippen molar-refractivity contribution >= 4 is 27.7 Å². The van der Waals surface area contributed by atoms with Crippen molar-refractivity contribution in [2.24, 2.45) is 0 Å². The molecule has 84 valence electrons. The van der Waals surface area contributed by atoms with Crippen molar-refractivity contribution in [3.8, 4) is 0 Å². The summed E-state index contributed by atoms with van der Waals surface area (Å²) in [5, 5.41) is 3.23. The second-order valence-electron chi connectivity index (χ2n) is 3.25. The number of anilines is 2. The molecule has 1 atom stereocenters. The fourth-order valence-electron chi connectivity index (χ4n) is 1.08. The van der Waals surface area contributed by atoms with Crippen LogP contribution in [0.2, 0.25) is 0 Å². The molecule has 15 heavy (non-hydrogen) atoms. The third-order valence-corrected chi connectivity index (χ3v) is 2.48. The van der Waals surface area contributed by atoms with Crippen molar-refractivity contribution in [2.75, 3.05) is 24.8 Å². The minimum atomic E-state index is 0.264. The zero-order valence-corrected chi connectivity index (χ0v) is 10.4. The van der Waals surface area contributed by atoms with E-state index < -0.39 is 0 Å². The molecule has 0 aromatic carbocycles. The van der Waals surface area contributed by atoms with Crippen LogP contribution in [-0.2, 0) is 4.74 Å². The number of rotatable bonds is 5. The van der Waals surface area contributed by atoms with Crippen LogP contribution >= 0.6 is 15.9 Å². The van der Waals surface area contributed by atoms with Gasteiger partial charge in [-0.1, -0.05) is 0 Å². The molecule has 0 saturated heterocycles. The number of aromatic nitrogens is 2. The molecule has 3 N–H and O–H groups in total. The average molecular weight is 275 g/mol. The van der Waals surface area contributed by atoms with Crippen molar-refractivity contribution in [2.45, 2.75) is 19.4 Å². The highest BCUT2D eigenvalue weighted by atomic mass is 79.9.